The quantitative estimate of drug-likeness (QED) is 0.180. The van der Waals surface area contributed by atoms with E-state index in [1.807, 2.05) is 30.3 Å². The minimum atomic E-state index is 0.815. The normalized spacial score (nSPS) is 11.7. The third-order valence-electron chi connectivity index (χ3n) is 10.7. The molecule has 8 aromatic carbocycles. The van der Waals surface area contributed by atoms with Crippen molar-refractivity contribution in [3.8, 4) is 45.0 Å². The third kappa shape index (κ3) is 4.78. The van der Waals surface area contributed by atoms with E-state index in [0.29, 0.717) is 0 Å². The summed E-state index contributed by atoms with van der Waals surface area (Å²) in [5.74, 6) is 0.815. The molecule has 11 rings (SSSR count). The number of hydrogen-bond donors (Lipinski definition) is 0. The van der Waals surface area contributed by atoms with Gasteiger partial charge < -0.3 is 4.57 Å². The highest BCUT2D eigenvalue weighted by Gasteiger charge is 2.20. The monoisotopic (exact) mass is 688 g/mol. The average Bonchev–Trinajstić information content (AvgIpc) is 3.76. The Morgan fingerprint density at radius 3 is 1.39 bits per heavy atom. The van der Waals surface area contributed by atoms with Crippen LogP contribution >= 0.6 is 0 Å². The van der Waals surface area contributed by atoms with Crippen LogP contribution in [0, 0.1) is 0 Å². The van der Waals surface area contributed by atoms with Crippen LogP contribution in [-0.4, -0.2) is 19.1 Å². The van der Waals surface area contributed by atoms with Gasteiger partial charge in [0.25, 0.3) is 0 Å². The molecule has 0 saturated heterocycles. The number of nitrogens with zero attached hydrogens (tertiary/aromatic N) is 4. The Kier molecular flexibility index (Phi) is 6.82. The smallest absolute Gasteiger partial charge is 0.165 e. The molecule has 0 fully saturated rings. The number of hydrogen-bond acceptors (Lipinski definition) is 2. The summed E-state index contributed by atoms with van der Waals surface area (Å²) in [6.45, 7) is 0. The van der Waals surface area contributed by atoms with E-state index in [4.69, 9.17) is 9.97 Å². The van der Waals surface area contributed by atoms with Gasteiger partial charge in [0.15, 0.2) is 5.82 Å². The molecule has 252 valence electrons. The van der Waals surface area contributed by atoms with E-state index in [-0.39, 0.29) is 0 Å². The van der Waals surface area contributed by atoms with Gasteiger partial charge in [0.2, 0.25) is 0 Å². The molecule has 0 radical (unpaired) electrons. The summed E-state index contributed by atoms with van der Waals surface area (Å²) in [7, 11) is 0. The Bertz CT molecular complexity index is 3190. The van der Waals surface area contributed by atoms with Crippen LogP contribution in [0.25, 0.3) is 99.7 Å². The highest BCUT2D eigenvalue weighted by Crippen LogP contribution is 2.39. The van der Waals surface area contributed by atoms with E-state index >= 15 is 0 Å². The number of para-hydroxylation sites is 5. The maximum atomic E-state index is 5.34. The predicted octanol–water partition coefficient (Wildman–Crippen LogP) is 12.8. The van der Waals surface area contributed by atoms with Gasteiger partial charge in [0, 0.05) is 32.8 Å². The lowest BCUT2D eigenvalue weighted by Crippen LogP contribution is -2.03. The van der Waals surface area contributed by atoms with E-state index in [1.54, 1.807) is 0 Å². The minimum Gasteiger partial charge on any atom is -0.309 e. The molecular formula is C50H32N4. The van der Waals surface area contributed by atoms with E-state index in [2.05, 4.69) is 173 Å². The van der Waals surface area contributed by atoms with E-state index in [9.17, 15) is 0 Å². The molecule has 11 aromatic rings. The fourth-order valence-electron chi connectivity index (χ4n) is 8.18. The van der Waals surface area contributed by atoms with Gasteiger partial charge in [-0.05, 0) is 82.9 Å². The standard InChI is InChI=1S/C50H32N4/c1-3-13-33(14-4-1)34-23-25-35(26-24-34)49-50(52-44-20-10-9-19-43(44)51-49)54-46-22-12-8-18-40(46)42-32-37(28-30-48(42)54)36-27-29-47-41(31-36)39-17-7-11-21-45(39)53(47)38-15-5-2-6-16-38/h1-32H. The molecule has 0 aliphatic carbocycles. The molecule has 4 nitrogen and oxygen atoms in total. The highest BCUT2D eigenvalue weighted by atomic mass is 15.1. The van der Waals surface area contributed by atoms with E-state index in [1.165, 1.54) is 54.8 Å². The molecule has 0 bridgehead atoms. The van der Waals surface area contributed by atoms with Gasteiger partial charge in [-0.15, -0.1) is 0 Å². The summed E-state index contributed by atoms with van der Waals surface area (Å²) in [4.78, 5) is 10.6. The van der Waals surface area contributed by atoms with Crippen molar-refractivity contribution in [3.05, 3.63) is 194 Å². The largest absolute Gasteiger partial charge is 0.309 e. The second kappa shape index (κ2) is 12.1. The third-order valence-corrected chi connectivity index (χ3v) is 10.7. The summed E-state index contributed by atoms with van der Waals surface area (Å²) in [5, 5.41) is 4.84. The first-order valence-electron chi connectivity index (χ1n) is 18.3. The van der Waals surface area contributed by atoms with Crippen molar-refractivity contribution in [1.29, 1.82) is 0 Å². The zero-order chi connectivity index (χ0) is 35.6. The number of fused-ring (bicyclic) bond motifs is 7. The van der Waals surface area contributed by atoms with Crippen molar-refractivity contribution in [2.45, 2.75) is 0 Å². The van der Waals surface area contributed by atoms with Crippen LogP contribution in [0.3, 0.4) is 0 Å². The molecule has 0 N–H and O–H groups in total. The molecule has 0 unspecified atom stereocenters. The summed E-state index contributed by atoms with van der Waals surface area (Å²) in [5.41, 5.74) is 14.1. The van der Waals surface area contributed by atoms with Crippen molar-refractivity contribution in [1.82, 2.24) is 19.1 Å². The molecular weight excluding hydrogens is 657 g/mol. The van der Waals surface area contributed by atoms with Crippen molar-refractivity contribution in [3.63, 3.8) is 0 Å². The van der Waals surface area contributed by atoms with Crippen LogP contribution in [-0.2, 0) is 0 Å². The van der Waals surface area contributed by atoms with Gasteiger partial charge in [-0.2, -0.15) is 0 Å². The van der Waals surface area contributed by atoms with Gasteiger partial charge in [-0.3, -0.25) is 4.57 Å². The van der Waals surface area contributed by atoms with Crippen molar-refractivity contribution in [2.75, 3.05) is 0 Å². The first kappa shape index (κ1) is 30.3. The minimum absolute atomic E-state index is 0.815. The van der Waals surface area contributed by atoms with Crippen molar-refractivity contribution < 1.29 is 0 Å². The van der Waals surface area contributed by atoms with Gasteiger partial charge >= 0.3 is 0 Å². The van der Waals surface area contributed by atoms with Crippen LogP contribution in [0.5, 0.6) is 0 Å². The van der Waals surface area contributed by atoms with E-state index < -0.39 is 0 Å². The maximum Gasteiger partial charge on any atom is 0.165 e. The van der Waals surface area contributed by atoms with Crippen LogP contribution in [0.1, 0.15) is 0 Å². The second-order valence-corrected chi connectivity index (χ2v) is 13.8. The summed E-state index contributed by atoms with van der Waals surface area (Å²) >= 11 is 0. The van der Waals surface area contributed by atoms with Crippen LogP contribution in [0.2, 0.25) is 0 Å². The molecule has 3 aromatic heterocycles. The molecule has 4 heteroatoms. The summed E-state index contributed by atoms with van der Waals surface area (Å²) < 4.78 is 4.66. The first-order valence-corrected chi connectivity index (χ1v) is 18.3. The summed E-state index contributed by atoms with van der Waals surface area (Å²) in [6, 6.07) is 69.0. The average molecular weight is 689 g/mol. The Labute approximate surface area is 311 Å². The van der Waals surface area contributed by atoms with Crippen LogP contribution < -0.4 is 0 Å². The van der Waals surface area contributed by atoms with Crippen LogP contribution in [0.15, 0.2) is 194 Å². The highest BCUT2D eigenvalue weighted by molar-refractivity contribution is 6.13. The fraction of sp³-hybridized carbons (Fsp3) is 0. The molecule has 0 atom stereocenters. The molecule has 0 spiro atoms. The zero-order valence-corrected chi connectivity index (χ0v) is 29.3. The topological polar surface area (TPSA) is 35.6 Å². The Balaban J connectivity index is 1.10. The predicted molar refractivity (Wildman–Crippen MR) is 225 cm³/mol. The van der Waals surface area contributed by atoms with Crippen molar-refractivity contribution >= 4 is 54.6 Å². The molecule has 0 aliphatic heterocycles. The lowest BCUT2D eigenvalue weighted by atomic mass is 10.0. The SMILES string of the molecule is c1ccc(-c2ccc(-c3nc4ccccc4nc3-n3c4ccccc4c4cc(-c5ccc6c(c5)c5ccccc5n6-c5ccccc5)ccc43)cc2)cc1. The first-order chi connectivity index (χ1) is 26.8. The van der Waals surface area contributed by atoms with E-state index in [0.717, 1.165) is 44.8 Å². The Hall–Kier alpha value is -7.30. The van der Waals surface area contributed by atoms with Gasteiger partial charge in [0.05, 0.1) is 33.1 Å². The van der Waals surface area contributed by atoms with Gasteiger partial charge in [-0.1, -0.05) is 133 Å². The lowest BCUT2D eigenvalue weighted by molar-refractivity contribution is 1.08. The lowest BCUT2D eigenvalue weighted by Gasteiger charge is -2.14. The Morgan fingerprint density at radius 2 is 0.741 bits per heavy atom. The Morgan fingerprint density at radius 1 is 0.296 bits per heavy atom. The maximum absolute atomic E-state index is 5.34. The number of rotatable bonds is 5. The second-order valence-electron chi connectivity index (χ2n) is 13.8. The molecule has 0 saturated carbocycles. The molecule has 0 amide bonds. The molecule has 3 heterocycles. The molecule has 54 heavy (non-hydrogen) atoms. The zero-order valence-electron chi connectivity index (χ0n) is 29.3. The molecule has 0 aliphatic rings. The van der Waals surface area contributed by atoms with Crippen molar-refractivity contribution in [2.24, 2.45) is 0 Å². The van der Waals surface area contributed by atoms with Crippen LogP contribution in [0.4, 0.5) is 0 Å². The fourth-order valence-corrected chi connectivity index (χ4v) is 8.18. The van der Waals surface area contributed by atoms with Gasteiger partial charge in [0.1, 0.15) is 5.69 Å². The number of benzene rings is 8. The van der Waals surface area contributed by atoms with Gasteiger partial charge in [-0.25, -0.2) is 9.97 Å². The number of aromatic nitrogens is 4. The summed E-state index contributed by atoms with van der Waals surface area (Å²) in [6.07, 6.45) is 0.